The van der Waals surface area contributed by atoms with E-state index in [4.69, 9.17) is 22.7 Å². The number of hydrogen-bond acceptors (Lipinski definition) is 3. The van der Waals surface area contributed by atoms with E-state index in [2.05, 4.69) is 10.0 Å². The Hall–Kier alpha value is -1.31. The van der Waals surface area contributed by atoms with Crippen LogP contribution in [0.5, 0.6) is 0 Å². The number of benzene rings is 1. The maximum atomic E-state index is 12.3. The molecular weight excluding hydrogens is 336 g/mol. The average molecular weight is 359 g/mol. The molecule has 1 fully saturated rings. The molecule has 5 N–H and O–H groups in total. The Morgan fingerprint density at radius 3 is 2.39 bits per heavy atom. The molecule has 0 aromatic heterocycles. The number of nitrogens with two attached hydrogens (primary N) is 1. The fourth-order valence-corrected chi connectivity index (χ4v) is 4.26. The second-order valence-electron chi connectivity index (χ2n) is 5.99. The highest BCUT2D eigenvalue weighted by Crippen LogP contribution is 2.28. The third kappa shape index (κ3) is 5.67. The van der Waals surface area contributed by atoms with Crippen LogP contribution >= 0.6 is 11.6 Å². The Morgan fingerprint density at radius 2 is 1.83 bits per heavy atom. The average Bonchev–Trinajstić information content (AvgIpc) is 2.52. The molecule has 0 bridgehead atoms. The lowest BCUT2D eigenvalue weighted by Gasteiger charge is -2.28. The molecule has 1 aliphatic rings. The third-order valence-electron chi connectivity index (χ3n) is 4.22. The van der Waals surface area contributed by atoms with Gasteiger partial charge in [0.2, 0.25) is 10.0 Å². The van der Waals surface area contributed by atoms with Crippen LogP contribution in [0.4, 0.5) is 0 Å². The molecule has 0 saturated heterocycles. The molecule has 0 aliphatic heterocycles. The van der Waals surface area contributed by atoms with Crippen molar-refractivity contribution in [1.82, 2.24) is 10.0 Å². The smallest absolute Gasteiger partial charge is 0.240 e. The van der Waals surface area contributed by atoms with E-state index in [-0.39, 0.29) is 10.9 Å². The first-order valence-corrected chi connectivity index (χ1v) is 9.56. The lowest BCUT2D eigenvalue weighted by molar-refractivity contribution is 0.275. The molecule has 0 amide bonds. The van der Waals surface area contributed by atoms with Crippen LogP contribution in [0, 0.1) is 17.2 Å². The van der Waals surface area contributed by atoms with Crippen molar-refractivity contribution >= 4 is 27.6 Å². The van der Waals surface area contributed by atoms with Crippen LogP contribution in [-0.4, -0.2) is 27.5 Å². The second kappa shape index (κ2) is 7.99. The summed E-state index contributed by atoms with van der Waals surface area (Å²) in [5, 5.41) is 10.4. The first-order valence-electron chi connectivity index (χ1n) is 7.70. The molecule has 0 radical (unpaired) electrons. The quantitative estimate of drug-likeness (QED) is 0.460. The van der Waals surface area contributed by atoms with Crippen molar-refractivity contribution in [2.45, 2.75) is 30.6 Å². The van der Waals surface area contributed by atoms with Gasteiger partial charge in [-0.15, -0.1) is 0 Å². The van der Waals surface area contributed by atoms with Crippen molar-refractivity contribution in [2.75, 3.05) is 13.1 Å². The van der Waals surface area contributed by atoms with Gasteiger partial charge in [-0.05, 0) is 55.7 Å². The number of halogens is 1. The molecule has 1 aliphatic carbocycles. The van der Waals surface area contributed by atoms with E-state index in [0.29, 0.717) is 23.4 Å². The first kappa shape index (κ1) is 18.0. The summed E-state index contributed by atoms with van der Waals surface area (Å²) < 4.78 is 27.2. The van der Waals surface area contributed by atoms with Gasteiger partial charge in [0, 0.05) is 18.1 Å². The Bertz CT molecular complexity index is 643. The van der Waals surface area contributed by atoms with Crippen LogP contribution in [0.25, 0.3) is 0 Å². The zero-order valence-corrected chi connectivity index (χ0v) is 14.5. The molecule has 0 spiro atoms. The Labute approximate surface area is 142 Å². The van der Waals surface area contributed by atoms with Gasteiger partial charge in [-0.2, -0.15) is 0 Å². The third-order valence-corrected chi connectivity index (χ3v) is 5.87. The fourth-order valence-electron chi connectivity index (χ4n) is 2.84. The van der Waals surface area contributed by atoms with Crippen molar-refractivity contribution in [2.24, 2.45) is 17.6 Å². The number of sulfonamides is 1. The SMILES string of the molecule is N=C(N)NC[C@H]1CC[C@H](CNS(=O)(=O)c2cccc(Cl)c2)CC1. The van der Waals surface area contributed by atoms with E-state index in [1.807, 2.05) is 0 Å². The lowest BCUT2D eigenvalue weighted by atomic mass is 9.82. The van der Waals surface area contributed by atoms with E-state index in [1.165, 1.54) is 6.07 Å². The highest BCUT2D eigenvalue weighted by Gasteiger charge is 2.23. The van der Waals surface area contributed by atoms with Gasteiger partial charge in [-0.3, -0.25) is 5.41 Å². The molecule has 128 valence electrons. The predicted molar refractivity (Wildman–Crippen MR) is 92.0 cm³/mol. The largest absolute Gasteiger partial charge is 0.370 e. The lowest BCUT2D eigenvalue weighted by Crippen LogP contribution is -2.37. The van der Waals surface area contributed by atoms with Crippen molar-refractivity contribution < 1.29 is 8.42 Å². The number of nitrogens with one attached hydrogen (secondary N) is 3. The summed E-state index contributed by atoms with van der Waals surface area (Å²) in [5.41, 5.74) is 5.28. The van der Waals surface area contributed by atoms with Gasteiger partial charge in [0.05, 0.1) is 4.90 Å². The van der Waals surface area contributed by atoms with Gasteiger partial charge in [-0.1, -0.05) is 17.7 Å². The molecule has 23 heavy (non-hydrogen) atoms. The van der Waals surface area contributed by atoms with Crippen molar-refractivity contribution in [3.05, 3.63) is 29.3 Å². The Balaban J connectivity index is 1.80. The van der Waals surface area contributed by atoms with Crippen molar-refractivity contribution in [3.63, 3.8) is 0 Å². The van der Waals surface area contributed by atoms with Gasteiger partial charge in [0.25, 0.3) is 0 Å². The summed E-state index contributed by atoms with van der Waals surface area (Å²) in [6, 6.07) is 6.27. The molecule has 0 unspecified atom stereocenters. The minimum absolute atomic E-state index is 0.00130. The van der Waals surface area contributed by atoms with E-state index < -0.39 is 10.0 Å². The van der Waals surface area contributed by atoms with E-state index in [0.717, 1.165) is 32.2 Å². The van der Waals surface area contributed by atoms with Gasteiger partial charge < -0.3 is 11.1 Å². The zero-order chi connectivity index (χ0) is 16.9. The standard InChI is InChI=1S/C15H23ClN4O2S/c16-13-2-1-3-14(8-13)23(21,22)20-10-12-6-4-11(5-7-12)9-19-15(17)18/h1-3,8,11-12,20H,4-7,9-10H2,(H4,17,18,19)/t11-,12-. The molecule has 1 aromatic carbocycles. The minimum Gasteiger partial charge on any atom is -0.370 e. The molecule has 2 rings (SSSR count). The minimum atomic E-state index is -3.51. The number of guanidine groups is 1. The zero-order valence-electron chi connectivity index (χ0n) is 12.9. The van der Waals surface area contributed by atoms with Crippen molar-refractivity contribution in [3.8, 4) is 0 Å². The predicted octanol–water partition coefficient (Wildman–Crippen LogP) is 1.91. The van der Waals surface area contributed by atoms with E-state index in [9.17, 15) is 8.42 Å². The summed E-state index contributed by atoms with van der Waals surface area (Å²) in [6.07, 6.45) is 3.98. The summed E-state index contributed by atoms with van der Waals surface area (Å²) in [4.78, 5) is 0.198. The molecule has 1 aromatic rings. The molecule has 8 heteroatoms. The van der Waals surface area contributed by atoms with Gasteiger partial charge in [0.15, 0.2) is 5.96 Å². The number of rotatable bonds is 6. The second-order valence-corrected chi connectivity index (χ2v) is 8.19. The molecule has 0 heterocycles. The van der Waals surface area contributed by atoms with Crippen LogP contribution in [0.3, 0.4) is 0 Å². The first-order chi connectivity index (χ1) is 10.9. The van der Waals surface area contributed by atoms with Crippen molar-refractivity contribution in [1.29, 1.82) is 5.41 Å². The topological polar surface area (TPSA) is 108 Å². The van der Waals surface area contributed by atoms with Crippen LogP contribution in [0.1, 0.15) is 25.7 Å². The maximum Gasteiger partial charge on any atom is 0.240 e. The van der Waals surface area contributed by atoms with E-state index in [1.54, 1.807) is 18.2 Å². The van der Waals surface area contributed by atoms with E-state index >= 15 is 0 Å². The van der Waals surface area contributed by atoms with Crippen LogP contribution in [-0.2, 0) is 10.0 Å². The highest BCUT2D eigenvalue weighted by atomic mass is 35.5. The monoisotopic (exact) mass is 358 g/mol. The normalized spacial score (nSPS) is 21.8. The van der Waals surface area contributed by atoms with Gasteiger partial charge in [0.1, 0.15) is 0 Å². The summed E-state index contributed by atoms with van der Waals surface area (Å²) in [5.74, 6) is 0.846. The van der Waals surface area contributed by atoms with Gasteiger partial charge >= 0.3 is 0 Å². The maximum absolute atomic E-state index is 12.3. The fraction of sp³-hybridized carbons (Fsp3) is 0.533. The van der Waals surface area contributed by atoms with Crippen LogP contribution in [0.2, 0.25) is 5.02 Å². The Kier molecular flexibility index (Phi) is 6.26. The number of hydrogen-bond donors (Lipinski definition) is 4. The highest BCUT2D eigenvalue weighted by molar-refractivity contribution is 7.89. The Morgan fingerprint density at radius 1 is 1.22 bits per heavy atom. The van der Waals surface area contributed by atoms with Crippen LogP contribution in [0.15, 0.2) is 29.2 Å². The molecule has 1 saturated carbocycles. The summed E-state index contributed by atoms with van der Waals surface area (Å²) in [6.45, 7) is 1.16. The van der Waals surface area contributed by atoms with Gasteiger partial charge in [-0.25, -0.2) is 13.1 Å². The molecule has 0 atom stereocenters. The summed E-state index contributed by atoms with van der Waals surface area (Å²) in [7, 11) is -3.51. The summed E-state index contributed by atoms with van der Waals surface area (Å²) >= 11 is 5.85. The molecular formula is C15H23ClN4O2S. The van der Waals surface area contributed by atoms with Crippen LogP contribution < -0.4 is 15.8 Å². The molecule has 6 nitrogen and oxygen atoms in total.